The Morgan fingerprint density at radius 3 is 2.33 bits per heavy atom. The summed E-state index contributed by atoms with van der Waals surface area (Å²) in [5.41, 5.74) is 2.45. The van der Waals surface area contributed by atoms with E-state index in [1.165, 1.54) is 7.11 Å². The lowest BCUT2D eigenvalue weighted by atomic mass is 10.0. The Balaban J connectivity index is 1.84. The summed E-state index contributed by atoms with van der Waals surface area (Å²) in [7, 11) is 1.32. The Hall–Kier alpha value is -3.48. The summed E-state index contributed by atoms with van der Waals surface area (Å²) in [5.74, 6) is -0.804. The van der Waals surface area contributed by atoms with Crippen LogP contribution in [0.2, 0.25) is 0 Å². The Bertz CT molecular complexity index is 923. The van der Waals surface area contributed by atoms with Gasteiger partial charge in [-0.2, -0.15) is 0 Å². The van der Waals surface area contributed by atoms with Crippen molar-refractivity contribution in [3.8, 4) is 5.69 Å². The van der Waals surface area contributed by atoms with Crippen molar-refractivity contribution >= 4 is 11.9 Å². The van der Waals surface area contributed by atoms with E-state index in [9.17, 15) is 9.59 Å². The maximum atomic E-state index is 12.8. The predicted octanol–water partition coefficient (Wildman–Crippen LogP) is 2.61. The summed E-state index contributed by atoms with van der Waals surface area (Å²) in [6.07, 6.45) is 0.0259. The Morgan fingerprint density at radius 2 is 1.70 bits per heavy atom. The number of rotatable bonds is 6. The number of nitrogens with one attached hydrogen (secondary N) is 1. The van der Waals surface area contributed by atoms with E-state index in [4.69, 9.17) is 4.74 Å². The molecule has 0 spiro atoms. The first-order chi connectivity index (χ1) is 13.1. The Morgan fingerprint density at radius 1 is 1.07 bits per heavy atom. The molecule has 3 rings (SSSR count). The number of ether oxygens (including phenoxy) is 1. The second-order valence-corrected chi connectivity index (χ2v) is 5.99. The zero-order valence-corrected chi connectivity index (χ0v) is 15.1. The van der Waals surface area contributed by atoms with Gasteiger partial charge in [-0.15, -0.1) is 5.10 Å². The Labute approximate surface area is 157 Å². The molecule has 3 aromatic rings. The molecule has 7 nitrogen and oxygen atoms in total. The van der Waals surface area contributed by atoms with Gasteiger partial charge < -0.3 is 10.1 Å². The largest absolute Gasteiger partial charge is 0.469 e. The van der Waals surface area contributed by atoms with E-state index in [1.54, 1.807) is 11.6 Å². The minimum Gasteiger partial charge on any atom is -0.469 e. The molecule has 7 heteroatoms. The van der Waals surface area contributed by atoms with Crippen LogP contribution in [0.25, 0.3) is 5.69 Å². The van der Waals surface area contributed by atoms with Crippen LogP contribution in [0.1, 0.15) is 34.2 Å². The van der Waals surface area contributed by atoms with Crippen molar-refractivity contribution in [1.29, 1.82) is 0 Å². The van der Waals surface area contributed by atoms with Crippen molar-refractivity contribution in [3.05, 3.63) is 77.6 Å². The van der Waals surface area contributed by atoms with Gasteiger partial charge in [0, 0.05) is 0 Å². The lowest BCUT2D eigenvalue weighted by molar-refractivity contribution is -0.141. The molecule has 1 amide bonds. The minimum atomic E-state index is -0.521. The summed E-state index contributed by atoms with van der Waals surface area (Å²) in [5, 5.41) is 11.0. The van der Waals surface area contributed by atoms with Gasteiger partial charge in [0.1, 0.15) is 0 Å². The van der Waals surface area contributed by atoms with Crippen LogP contribution in [0, 0.1) is 6.92 Å². The molecule has 0 saturated carbocycles. The van der Waals surface area contributed by atoms with E-state index in [0.29, 0.717) is 5.69 Å². The van der Waals surface area contributed by atoms with Gasteiger partial charge in [-0.1, -0.05) is 53.7 Å². The van der Waals surface area contributed by atoms with Crippen LogP contribution in [-0.4, -0.2) is 34.0 Å². The van der Waals surface area contributed by atoms with Crippen LogP contribution < -0.4 is 5.32 Å². The molecule has 0 aliphatic heterocycles. The first-order valence-corrected chi connectivity index (χ1v) is 8.50. The molecule has 0 radical (unpaired) electrons. The number of benzene rings is 2. The van der Waals surface area contributed by atoms with Crippen LogP contribution in [0.3, 0.4) is 0 Å². The normalized spacial score (nSPS) is 11.6. The molecule has 1 atom stereocenters. The van der Waals surface area contributed by atoms with Crippen molar-refractivity contribution in [1.82, 2.24) is 20.3 Å². The van der Waals surface area contributed by atoms with Crippen LogP contribution in [0.15, 0.2) is 60.7 Å². The fourth-order valence-electron chi connectivity index (χ4n) is 2.77. The monoisotopic (exact) mass is 364 g/mol. The molecule has 1 aromatic heterocycles. The topological polar surface area (TPSA) is 86.1 Å². The van der Waals surface area contributed by atoms with Gasteiger partial charge >= 0.3 is 5.97 Å². The molecule has 0 saturated heterocycles. The number of para-hydroxylation sites is 1. The number of nitrogens with zero attached hydrogens (tertiary/aromatic N) is 3. The first kappa shape index (κ1) is 18.3. The lowest BCUT2D eigenvalue weighted by Crippen LogP contribution is -2.31. The van der Waals surface area contributed by atoms with E-state index in [-0.39, 0.29) is 12.1 Å². The Kier molecular flexibility index (Phi) is 5.61. The van der Waals surface area contributed by atoms with Crippen molar-refractivity contribution in [2.75, 3.05) is 7.11 Å². The number of methoxy groups -OCH3 is 1. The van der Waals surface area contributed by atoms with E-state index >= 15 is 0 Å². The summed E-state index contributed by atoms with van der Waals surface area (Å²) in [6.45, 7) is 1.78. The molecule has 27 heavy (non-hydrogen) atoms. The summed E-state index contributed by atoms with van der Waals surface area (Å²) in [4.78, 5) is 24.5. The zero-order valence-electron chi connectivity index (χ0n) is 15.1. The molecule has 0 aliphatic rings. The van der Waals surface area contributed by atoms with Crippen molar-refractivity contribution in [3.63, 3.8) is 0 Å². The molecule has 1 N–H and O–H groups in total. The van der Waals surface area contributed by atoms with Gasteiger partial charge in [0.25, 0.3) is 5.91 Å². The van der Waals surface area contributed by atoms with Crippen molar-refractivity contribution in [2.24, 2.45) is 0 Å². The summed E-state index contributed by atoms with van der Waals surface area (Å²) >= 11 is 0. The number of carbonyl (C=O) groups excluding carboxylic acids is 2. The van der Waals surface area contributed by atoms with Gasteiger partial charge in [-0.25, -0.2) is 4.68 Å². The SMILES string of the molecule is COC(=O)C[C@H](NC(=O)c1nnn(-c2ccccc2)c1C)c1ccccc1. The van der Waals surface area contributed by atoms with E-state index in [1.807, 2.05) is 60.7 Å². The molecule has 0 bridgehead atoms. The summed E-state index contributed by atoms with van der Waals surface area (Å²) in [6, 6.07) is 18.2. The minimum absolute atomic E-state index is 0.0259. The number of hydrogen-bond acceptors (Lipinski definition) is 5. The average molecular weight is 364 g/mol. The zero-order chi connectivity index (χ0) is 19.2. The molecule has 138 valence electrons. The van der Waals surface area contributed by atoms with Crippen molar-refractivity contribution < 1.29 is 14.3 Å². The highest BCUT2D eigenvalue weighted by Crippen LogP contribution is 2.19. The lowest BCUT2D eigenvalue weighted by Gasteiger charge is -2.17. The molecule has 0 fully saturated rings. The maximum Gasteiger partial charge on any atom is 0.307 e. The maximum absolute atomic E-state index is 12.8. The van der Waals surface area contributed by atoms with E-state index in [2.05, 4.69) is 15.6 Å². The van der Waals surface area contributed by atoms with Crippen LogP contribution in [-0.2, 0) is 9.53 Å². The fourth-order valence-corrected chi connectivity index (χ4v) is 2.77. The highest BCUT2D eigenvalue weighted by molar-refractivity contribution is 5.93. The number of esters is 1. The molecule has 2 aromatic carbocycles. The quantitative estimate of drug-likeness (QED) is 0.680. The average Bonchev–Trinajstić information content (AvgIpc) is 3.10. The standard InChI is InChI=1S/C20H20N4O3/c1-14-19(22-23-24(14)16-11-7-4-8-12-16)20(26)21-17(13-18(25)27-2)15-9-5-3-6-10-15/h3-12,17H,13H2,1-2H3,(H,21,26)/t17-/m0/s1. The second-order valence-electron chi connectivity index (χ2n) is 5.99. The van der Waals surface area contributed by atoms with Gasteiger partial charge in [0.15, 0.2) is 5.69 Å². The molecule has 0 unspecified atom stereocenters. The van der Waals surface area contributed by atoms with Gasteiger partial charge in [-0.3, -0.25) is 9.59 Å². The fraction of sp³-hybridized carbons (Fsp3) is 0.200. The highest BCUT2D eigenvalue weighted by atomic mass is 16.5. The summed E-state index contributed by atoms with van der Waals surface area (Å²) < 4.78 is 6.36. The highest BCUT2D eigenvalue weighted by Gasteiger charge is 2.23. The van der Waals surface area contributed by atoms with Crippen molar-refractivity contribution in [2.45, 2.75) is 19.4 Å². The van der Waals surface area contributed by atoms with Gasteiger partial charge in [-0.05, 0) is 24.6 Å². The van der Waals surface area contributed by atoms with E-state index in [0.717, 1.165) is 11.3 Å². The first-order valence-electron chi connectivity index (χ1n) is 8.50. The molecular formula is C20H20N4O3. The third-order valence-electron chi connectivity index (χ3n) is 4.22. The second kappa shape index (κ2) is 8.27. The predicted molar refractivity (Wildman–Crippen MR) is 99.4 cm³/mol. The van der Waals surface area contributed by atoms with Gasteiger partial charge in [0.2, 0.25) is 0 Å². The molecular weight excluding hydrogens is 344 g/mol. The smallest absolute Gasteiger partial charge is 0.307 e. The van der Waals surface area contributed by atoms with Crippen LogP contribution in [0.5, 0.6) is 0 Å². The van der Waals surface area contributed by atoms with Crippen LogP contribution >= 0.6 is 0 Å². The van der Waals surface area contributed by atoms with Crippen LogP contribution in [0.4, 0.5) is 0 Å². The third-order valence-corrected chi connectivity index (χ3v) is 4.22. The molecule has 0 aliphatic carbocycles. The number of aromatic nitrogens is 3. The van der Waals surface area contributed by atoms with E-state index < -0.39 is 17.9 Å². The third kappa shape index (κ3) is 4.20. The number of carbonyl (C=O) groups is 2. The number of hydrogen-bond donors (Lipinski definition) is 1. The molecule has 1 heterocycles. The van der Waals surface area contributed by atoms with Gasteiger partial charge in [0.05, 0.1) is 31.0 Å². The number of amides is 1.